The second-order valence-electron chi connectivity index (χ2n) is 6.57. The van der Waals surface area contributed by atoms with Gasteiger partial charge in [0, 0.05) is 37.5 Å². The number of amides is 1. The van der Waals surface area contributed by atoms with E-state index in [1.807, 2.05) is 20.8 Å². The Morgan fingerprint density at radius 3 is 2.50 bits per heavy atom. The van der Waals surface area contributed by atoms with Crippen LogP contribution in [0.3, 0.4) is 0 Å². The molecule has 0 radical (unpaired) electrons. The molecule has 1 aliphatic heterocycles. The van der Waals surface area contributed by atoms with E-state index in [9.17, 15) is 18.0 Å². The molecule has 0 atom stereocenters. The predicted octanol–water partition coefficient (Wildman–Crippen LogP) is 3.30. The maximum Gasteiger partial charge on any atom is 0.433 e. The molecular formula is C16H22F3N3O2. The molecular weight excluding hydrogens is 323 g/mol. The molecule has 1 aromatic rings. The van der Waals surface area contributed by atoms with Crippen molar-refractivity contribution >= 4 is 5.91 Å². The van der Waals surface area contributed by atoms with Crippen LogP contribution in [0.5, 0.6) is 6.01 Å². The molecule has 0 spiro atoms. The normalized spacial score (nSPS) is 17.0. The highest BCUT2D eigenvalue weighted by molar-refractivity contribution is 5.82. The predicted molar refractivity (Wildman–Crippen MR) is 81.3 cm³/mol. The highest BCUT2D eigenvalue weighted by Gasteiger charge is 2.35. The van der Waals surface area contributed by atoms with Crippen molar-refractivity contribution in [1.82, 2.24) is 14.9 Å². The molecule has 5 nitrogen and oxygen atoms in total. The van der Waals surface area contributed by atoms with Crippen LogP contribution >= 0.6 is 0 Å². The number of carbonyl (C=O) groups is 1. The summed E-state index contributed by atoms with van der Waals surface area (Å²) in [4.78, 5) is 21.3. The Morgan fingerprint density at radius 1 is 1.33 bits per heavy atom. The SMILES string of the molecule is CCC(C)(C)C(=O)N1CCC(Oc2nccc(C(F)(F)F)n2)CC1. The number of ether oxygens (including phenoxy) is 1. The van der Waals surface area contributed by atoms with Crippen LogP contribution in [0.15, 0.2) is 12.3 Å². The molecule has 0 aromatic carbocycles. The smallest absolute Gasteiger partial charge is 0.433 e. The standard InChI is InChI=1S/C16H22F3N3O2/c1-4-15(2,3)13(23)22-9-6-11(7-10-22)24-14-20-8-5-12(21-14)16(17,18)19/h5,8,11H,4,6-7,9-10H2,1-3H3. The van der Waals surface area contributed by atoms with E-state index in [2.05, 4.69) is 9.97 Å². The van der Waals surface area contributed by atoms with E-state index in [4.69, 9.17) is 4.74 Å². The van der Waals surface area contributed by atoms with E-state index >= 15 is 0 Å². The highest BCUT2D eigenvalue weighted by atomic mass is 19.4. The van der Waals surface area contributed by atoms with Crippen molar-refractivity contribution in [3.63, 3.8) is 0 Å². The first-order valence-corrected chi connectivity index (χ1v) is 8.00. The average molecular weight is 345 g/mol. The number of piperidine rings is 1. The molecule has 134 valence electrons. The van der Waals surface area contributed by atoms with Crippen LogP contribution in [-0.2, 0) is 11.0 Å². The Hall–Kier alpha value is -1.86. The number of nitrogens with zero attached hydrogens (tertiary/aromatic N) is 3. The Morgan fingerprint density at radius 2 is 1.96 bits per heavy atom. The van der Waals surface area contributed by atoms with Gasteiger partial charge in [-0.3, -0.25) is 4.79 Å². The van der Waals surface area contributed by atoms with Crippen molar-refractivity contribution in [3.05, 3.63) is 18.0 Å². The van der Waals surface area contributed by atoms with Crippen molar-refractivity contribution in [2.75, 3.05) is 13.1 Å². The summed E-state index contributed by atoms with van der Waals surface area (Å²) in [6.45, 7) is 6.83. The Kier molecular flexibility index (Phi) is 5.35. The van der Waals surface area contributed by atoms with Gasteiger partial charge in [-0.25, -0.2) is 4.98 Å². The molecule has 0 saturated carbocycles. The van der Waals surface area contributed by atoms with Gasteiger partial charge < -0.3 is 9.64 Å². The minimum atomic E-state index is -4.53. The van der Waals surface area contributed by atoms with Crippen molar-refractivity contribution < 1.29 is 22.7 Å². The Balaban J connectivity index is 1.93. The molecule has 1 aromatic heterocycles. The van der Waals surface area contributed by atoms with E-state index in [1.165, 1.54) is 0 Å². The first kappa shape index (κ1) is 18.5. The second kappa shape index (κ2) is 6.94. The van der Waals surface area contributed by atoms with Crippen LogP contribution < -0.4 is 4.74 Å². The van der Waals surface area contributed by atoms with Crippen LogP contribution in [0, 0.1) is 5.41 Å². The molecule has 1 saturated heterocycles. The van der Waals surface area contributed by atoms with Gasteiger partial charge in [0.15, 0.2) is 5.69 Å². The number of carbonyl (C=O) groups excluding carboxylic acids is 1. The van der Waals surface area contributed by atoms with Crippen LogP contribution in [0.1, 0.15) is 45.7 Å². The number of hydrogen-bond donors (Lipinski definition) is 0. The summed E-state index contributed by atoms with van der Waals surface area (Å²) in [7, 11) is 0. The lowest BCUT2D eigenvalue weighted by Gasteiger charge is -2.36. The van der Waals surface area contributed by atoms with E-state index in [0.29, 0.717) is 25.9 Å². The Labute approximate surface area is 139 Å². The summed E-state index contributed by atoms with van der Waals surface area (Å²) in [6.07, 6.45) is -1.94. The number of aromatic nitrogens is 2. The molecule has 24 heavy (non-hydrogen) atoms. The minimum absolute atomic E-state index is 0.0961. The third-order valence-electron chi connectivity index (χ3n) is 4.39. The van der Waals surface area contributed by atoms with Gasteiger partial charge in [-0.05, 0) is 12.5 Å². The highest BCUT2D eigenvalue weighted by Crippen LogP contribution is 2.29. The van der Waals surface area contributed by atoms with E-state index in [-0.39, 0.29) is 18.0 Å². The molecule has 1 fully saturated rings. The maximum atomic E-state index is 12.6. The summed E-state index contributed by atoms with van der Waals surface area (Å²) in [6, 6.07) is 0.532. The van der Waals surface area contributed by atoms with Crippen LogP contribution in [0.4, 0.5) is 13.2 Å². The van der Waals surface area contributed by atoms with E-state index in [0.717, 1.165) is 18.7 Å². The van der Waals surface area contributed by atoms with Gasteiger partial charge in [0.1, 0.15) is 6.10 Å². The number of hydrogen-bond acceptors (Lipinski definition) is 4. The lowest BCUT2D eigenvalue weighted by molar-refractivity contribution is -0.143. The lowest BCUT2D eigenvalue weighted by Crippen LogP contribution is -2.47. The van der Waals surface area contributed by atoms with Gasteiger partial charge in [-0.15, -0.1) is 0 Å². The van der Waals surface area contributed by atoms with Crippen LogP contribution in [0.2, 0.25) is 0 Å². The molecule has 1 aliphatic rings. The third-order valence-corrected chi connectivity index (χ3v) is 4.39. The van der Waals surface area contributed by atoms with Gasteiger partial charge in [-0.2, -0.15) is 18.2 Å². The summed E-state index contributed by atoms with van der Waals surface area (Å²) < 4.78 is 43.4. The first-order chi connectivity index (χ1) is 11.1. The van der Waals surface area contributed by atoms with Gasteiger partial charge in [0.2, 0.25) is 5.91 Å². The largest absolute Gasteiger partial charge is 0.460 e. The Bertz CT molecular complexity index is 582. The summed E-state index contributed by atoms with van der Waals surface area (Å²) in [5.41, 5.74) is -1.43. The van der Waals surface area contributed by atoms with Crippen molar-refractivity contribution in [3.8, 4) is 6.01 Å². The van der Waals surface area contributed by atoms with Crippen molar-refractivity contribution in [2.24, 2.45) is 5.41 Å². The minimum Gasteiger partial charge on any atom is -0.460 e. The topological polar surface area (TPSA) is 55.3 Å². The summed E-state index contributed by atoms with van der Waals surface area (Å²) in [5.74, 6) is 0.0961. The monoisotopic (exact) mass is 345 g/mol. The number of alkyl halides is 3. The molecule has 1 amide bonds. The van der Waals surface area contributed by atoms with Crippen molar-refractivity contribution in [2.45, 2.75) is 52.3 Å². The average Bonchev–Trinajstić information content (AvgIpc) is 2.54. The number of halogens is 3. The molecule has 0 aliphatic carbocycles. The van der Waals surface area contributed by atoms with Gasteiger partial charge in [0.05, 0.1) is 0 Å². The van der Waals surface area contributed by atoms with Crippen LogP contribution in [0.25, 0.3) is 0 Å². The maximum absolute atomic E-state index is 12.6. The lowest BCUT2D eigenvalue weighted by atomic mass is 9.88. The fourth-order valence-corrected chi connectivity index (χ4v) is 2.46. The number of likely N-dealkylation sites (tertiary alicyclic amines) is 1. The van der Waals surface area contributed by atoms with Crippen LogP contribution in [-0.4, -0.2) is 40.0 Å². The zero-order valence-corrected chi connectivity index (χ0v) is 14.1. The molecule has 0 N–H and O–H groups in total. The van der Waals surface area contributed by atoms with E-state index < -0.39 is 17.3 Å². The van der Waals surface area contributed by atoms with Gasteiger partial charge >= 0.3 is 12.2 Å². The fraction of sp³-hybridized carbons (Fsp3) is 0.688. The zero-order chi connectivity index (χ0) is 18.0. The zero-order valence-electron chi connectivity index (χ0n) is 14.1. The quantitative estimate of drug-likeness (QED) is 0.840. The molecule has 8 heteroatoms. The fourth-order valence-electron chi connectivity index (χ4n) is 2.46. The first-order valence-electron chi connectivity index (χ1n) is 8.00. The molecule has 2 heterocycles. The molecule has 2 rings (SSSR count). The number of rotatable bonds is 4. The second-order valence-corrected chi connectivity index (χ2v) is 6.57. The van der Waals surface area contributed by atoms with Gasteiger partial charge in [-0.1, -0.05) is 20.8 Å². The van der Waals surface area contributed by atoms with E-state index in [1.54, 1.807) is 4.90 Å². The van der Waals surface area contributed by atoms with Crippen molar-refractivity contribution in [1.29, 1.82) is 0 Å². The third kappa shape index (κ3) is 4.36. The molecule has 0 bridgehead atoms. The summed E-state index contributed by atoms with van der Waals surface area (Å²) in [5, 5.41) is 0. The molecule has 0 unspecified atom stereocenters. The van der Waals surface area contributed by atoms with Gasteiger partial charge in [0.25, 0.3) is 0 Å². The summed E-state index contributed by atoms with van der Waals surface area (Å²) >= 11 is 0.